The summed E-state index contributed by atoms with van der Waals surface area (Å²) in [6, 6.07) is 8.17. The van der Waals surface area contributed by atoms with Gasteiger partial charge in [-0.15, -0.1) is 24.0 Å². The summed E-state index contributed by atoms with van der Waals surface area (Å²) in [7, 11) is 1.78. The van der Waals surface area contributed by atoms with Gasteiger partial charge in [0.1, 0.15) is 11.6 Å². The number of hydrogen-bond donors (Lipinski definition) is 2. The van der Waals surface area contributed by atoms with Crippen LogP contribution in [-0.4, -0.2) is 37.6 Å². The number of nitrogens with one attached hydrogen (secondary N) is 2. The molecule has 6 nitrogen and oxygen atoms in total. The molecule has 1 aliphatic rings. The number of halogens is 1. The zero-order chi connectivity index (χ0) is 18.0. The van der Waals surface area contributed by atoms with Gasteiger partial charge in [0.15, 0.2) is 5.96 Å². The van der Waals surface area contributed by atoms with Crippen molar-refractivity contribution in [2.24, 2.45) is 4.99 Å². The van der Waals surface area contributed by atoms with Crippen molar-refractivity contribution in [3.05, 3.63) is 48.0 Å². The maximum atomic E-state index is 5.33. The van der Waals surface area contributed by atoms with Crippen LogP contribution in [0.3, 0.4) is 0 Å². The highest BCUT2D eigenvalue weighted by molar-refractivity contribution is 14.0. The van der Waals surface area contributed by atoms with E-state index in [0.717, 1.165) is 49.2 Å². The largest absolute Gasteiger partial charge is 0.469 e. The Kier molecular flexibility index (Phi) is 9.44. The molecule has 0 atom stereocenters. The quantitative estimate of drug-likeness (QED) is 0.374. The first-order valence-corrected chi connectivity index (χ1v) is 9.52. The summed E-state index contributed by atoms with van der Waals surface area (Å²) < 4.78 is 5.33. The average molecular weight is 483 g/mol. The number of nitrogens with zero attached hydrogens (tertiary/aromatic N) is 3. The zero-order valence-electron chi connectivity index (χ0n) is 16.0. The second-order valence-corrected chi connectivity index (χ2v) is 6.61. The topological polar surface area (TPSA) is 65.7 Å². The van der Waals surface area contributed by atoms with E-state index in [0.29, 0.717) is 6.54 Å². The lowest BCUT2D eigenvalue weighted by Crippen LogP contribution is -2.37. The third-order valence-corrected chi connectivity index (χ3v) is 4.67. The molecular formula is C20H30IN5O. The van der Waals surface area contributed by atoms with Crippen LogP contribution >= 0.6 is 24.0 Å². The minimum atomic E-state index is 0. The molecule has 3 heterocycles. The minimum absolute atomic E-state index is 0. The third kappa shape index (κ3) is 7.04. The smallest absolute Gasteiger partial charge is 0.191 e. The molecule has 0 aromatic carbocycles. The van der Waals surface area contributed by atoms with Crippen molar-refractivity contribution in [1.29, 1.82) is 0 Å². The van der Waals surface area contributed by atoms with E-state index in [9.17, 15) is 0 Å². The normalized spacial score (nSPS) is 15.0. The Morgan fingerprint density at radius 1 is 1.15 bits per heavy atom. The fourth-order valence-electron chi connectivity index (χ4n) is 3.17. The SMILES string of the molecule is CN=C(NCCc1ccco1)NCc1ccc(N2CCCCCC2)nc1.I. The van der Waals surface area contributed by atoms with Crippen LogP contribution in [-0.2, 0) is 13.0 Å². The summed E-state index contributed by atoms with van der Waals surface area (Å²) in [6.07, 6.45) is 9.71. The van der Waals surface area contributed by atoms with E-state index in [1.165, 1.54) is 25.7 Å². The Bertz CT molecular complexity index is 664. The number of aromatic nitrogens is 1. The molecule has 0 spiro atoms. The minimum Gasteiger partial charge on any atom is -0.469 e. The highest BCUT2D eigenvalue weighted by Crippen LogP contribution is 2.17. The summed E-state index contributed by atoms with van der Waals surface area (Å²) in [5.41, 5.74) is 1.15. The summed E-state index contributed by atoms with van der Waals surface area (Å²) in [4.78, 5) is 11.3. The predicted octanol–water partition coefficient (Wildman–Crippen LogP) is 3.58. The molecule has 1 aliphatic heterocycles. The van der Waals surface area contributed by atoms with Gasteiger partial charge >= 0.3 is 0 Å². The van der Waals surface area contributed by atoms with E-state index in [2.05, 4.69) is 37.6 Å². The second-order valence-electron chi connectivity index (χ2n) is 6.61. The van der Waals surface area contributed by atoms with Crippen molar-refractivity contribution in [3.63, 3.8) is 0 Å². The molecule has 0 radical (unpaired) electrons. The van der Waals surface area contributed by atoms with E-state index in [1.807, 2.05) is 18.3 Å². The Morgan fingerprint density at radius 2 is 1.96 bits per heavy atom. The van der Waals surface area contributed by atoms with Gasteiger partial charge in [-0.3, -0.25) is 4.99 Å². The highest BCUT2D eigenvalue weighted by Gasteiger charge is 2.10. The maximum Gasteiger partial charge on any atom is 0.191 e. The van der Waals surface area contributed by atoms with Gasteiger partial charge in [0.05, 0.1) is 6.26 Å². The fourth-order valence-corrected chi connectivity index (χ4v) is 3.17. The fraction of sp³-hybridized carbons (Fsp3) is 0.500. The molecule has 0 unspecified atom stereocenters. The number of guanidine groups is 1. The van der Waals surface area contributed by atoms with Crippen LogP contribution < -0.4 is 15.5 Å². The van der Waals surface area contributed by atoms with Gasteiger partial charge in [0.25, 0.3) is 0 Å². The Hall–Kier alpha value is -1.77. The van der Waals surface area contributed by atoms with E-state index in [1.54, 1.807) is 13.3 Å². The monoisotopic (exact) mass is 483 g/mol. The number of hydrogen-bond acceptors (Lipinski definition) is 4. The van der Waals surface area contributed by atoms with Crippen LogP contribution in [0.25, 0.3) is 0 Å². The molecule has 2 aromatic rings. The highest BCUT2D eigenvalue weighted by atomic mass is 127. The van der Waals surface area contributed by atoms with Gasteiger partial charge < -0.3 is 20.0 Å². The lowest BCUT2D eigenvalue weighted by atomic mass is 10.2. The van der Waals surface area contributed by atoms with Gasteiger partial charge in [-0.1, -0.05) is 18.9 Å². The van der Waals surface area contributed by atoms with Crippen LogP contribution in [0.1, 0.15) is 37.0 Å². The molecule has 3 rings (SSSR count). The molecule has 27 heavy (non-hydrogen) atoms. The molecule has 0 amide bonds. The van der Waals surface area contributed by atoms with Crippen molar-refractivity contribution < 1.29 is 4.42 Å². The van der Waals surface area contributed by atoms with Crippen molar-refractivity contribution in [2.45, 2.75) is 38.6 Å². The van der Waals surface area contributed by atoms with Crippen molar-refractivity contribution in [1.82, 2.24) is 15.6 Å². The molecule has 1 fully saturated rings. The number of anilines is 1. The molecule has 0 saturated carbocycles. The van der Waals surface area contributed by atoms with Gasteiger partial charge in [-0.25, -0.2) is 4.98 Å². The first-order valence-electron chi connectivity index (χ1n) is 9.52. The molecule has 2 N–H and O–H groups in total. The molecule has 0 bridgehead atoms. The lowest BCUT2D eigenvalue weighted by molar-refractivity contribution is 0.507. The predicted molar refractivity (Wildman–Crippen MR) is 121 cm³/mol. The summed E-state index contributed by atoms with van der Waals surface area (Å²) in [5, 5.41) is 6.63. The standard InChI is InChI=1S/C20H29N5O.HI/c1-21-20(22-11-10-18-7-6-14-26-18)24-16-17-8-9-19(23-15-17)25-12-4-2-3-5-13-25;/h6-9,14-15H,2-5,10-13,16H2,1H3,(H2,21,22,24);1H. The number of pyridine rings is 1. The van der Waals surface area contributed by atoms with Crippen LogP contribution in [0, 0.1) is 0 Å². The summed E-state index contributed by atoms with van der Waals surface area (Å²) in [6.45, 7) is 3.72. The maximum absolute atomic E-state index is 5.33. The third-order valence-electron chi connectivity index (χ3n) is 4.67. The first-order chi connectivity index (χ1) is 12.8. The average Bonchev–Trinajstić information content (AvgIpc) is 3.05. The number of furan rings is 1. The number of rotatable bonds is 6. The van der Waals surface area contributed by atoms with E-state index in [4.69, 9.17) is 4.42 Å². The van der Waals surface area contributed by atoms with Crippen molar-refractivity contribution >= 4 is 35.8 Å². The zero-order valence-corrected chi connectivity index (χ0v) is 18.3. The van der Waals surface area contributed by atoms with E-state index in [-0.39, 0.29) is 24.0 Å². The molecule has 0 aliphatic carbocycles. The lowest BCUT2D eigenvalue weighted by Gasteiger charge is -2.21. The second kappa shape index (κ2) is 11.8. The first kappa shape index (κ1) is 21.5. The summed E-state index contributed by atoms with van der Waals surface area (Å²) >= 11 is 0. The number of aliphatic imine (C=N–C) groups is 1. The Labute approximate surface area is 178 Å². The molecular weight excluding hydrogens is 453 g/mol. The molecule has 2 aromatic heterocycles. The van der Waals surface area contributed by atoms with Crippen LogP contribution in [0.15, 0.2) is 46.1 Å². The van der Waals surface area contributed by atoms with Gasteiger partial charge in [0.2, 0.25) is 0 Å². The Balaban J connectivity index is 0.00000261. The molecule has 7 heteroatoms. The molecule has 1 saturated heterocycles. The van der Waals surface area contributed by atoms with Crippen LogP contribution in [0.2, 0.25) is 0 Å². The van der Waals surface area contributed by atoms with Crippen LogP contribution in [0.5, 0.6) is 0 Å². The van der Waals surface area contributed by atoms with Gasteiger partial charge in [0, 0.05) is 45.8 Å². The van der Waals surface area contributed by atoms with Crippen LogP contribution in [0.4, 0.5) is 5.82 Å². The summed E-state index contributed by atoms with van der Waals surface area (Å²) in [5.74, 6) is 2.85. The van der Waals surface area contributed by atoms with Gasteiger partial charge in [-0.05, 0) is 36.6 Å². The van der Waals surface area contributed by atoms with Crippen molar-refractivity contribution in [3.8, 4) is 0 Å². The van der Waals surface area contributed by atoms with Gasteiger partial charge in [-0.2, -0.15) is 0 Å². The van der Waals surface area contributed by atoms with E-state index < -0.39 is 0 Å². The van der Waals surface area contributed by atoms with Crippen molar-refractivity contribution in [2.75, 3.05) is 31.6 Å². The Morgan fingerprint density at radius 3 is 2.59 bits per heavy atom. The van der Waals surface area contributed by atoms with E-state index >= 15 is 0 Å². The molecule has 148 valence electrons.